The van der Waals surface area contributed by atoms with Crippen LogP contribution in [0.1, 0.15) is 35.1 Å². The number of piperidine rings is 1. The Morgan fingerprint density at radius 2 is 2.12 bits per heavy atom. The van der Waals surface area contributed by atoms with Gasteiger partial charge in [0.25, 0.3) is 0 Å². The molecule has 1 aromatic carbocycles. The summed E-state index contributed by atoms with van der Waals surface area (Å²) in [4.78, 5) is 26.2. The van der Waals surface area contributed by atoms with E-state index in [0.29, 0.717) is 26.1 Å². The Morgan fingerprint density at radius 3 is 2.85 bits per heavy atom. The van der Waals surface area contributed by atoms with E-state index < -0.39 is 5.60 Å². The molecule has 2 aliphatic heterocycles. The fraction of sp³-hybridized carbons (Fsp3) is 0.500. The fourth-order valence-corrected chi connectivity index (χ4v) is 4.23. The van der Waals surface area contributed by atoms with Gasteiger partial charge in [0, 0.05) is 17.5 Å². The minimum atomic E-state index is -0.562. The second-order valence-corrected chi connectivity index (χ2v) is 7.62. The Hall–Kier alpha value is -2.50. The summed E-state index contributed by atoms with van der Waals surface area (Å²) in [6.45, 7) is 7.80. The molecule has 1 atom stereocenters. The first-order valence-electron chi connectivity index (χ1n) is 9.10. The van der Waals surface area contributed by atoms with Gasteiger partial charge in [0.15, 0.2) is 0 Å². The number of nitrogens with zero attached hydrogens (tertiary/aromatic N) is 1. The molecule has 6 nitrogen and oxygen atoms in total. The van der Waals surface area contributed by atoms with Gasteiger partial charge in [-0.3, -0.25) is 4.79 Å². The van der Waals surface area contributed by atoms with Crippen molar-refractivity contribution < 1.29 is 18.7 Å². The Balaban J connectivity index is 1.56. The summed E-state index contributed by atoms with van der Waals surface area (Å²) in [5.74, 6) is 0.0485. The molecule has 0 aliphatic carbocycles. The molecule has 0 bridgehead atoms. The number of likely N-dealkylation sites (tertiary alicyclic amines) is 1. The van der Waals surface area contributed by atoms with Gasteiger partial charge in [-0.25, -0.2) is 4.79 Å². The third-order valence-electron chi connectivity index (χ3n) is 5.72. The molecule has 2 aromatic rings. The molecule has 1 spiro atoms. The monoisotopic (exact) mass is 356 g/mol. The van der Waals surface area contributed by atoms with E-state index in [0.717, 1.165) is 40.5 Å². The Labute approximate surface area is 152 Å². The fourth-order valence-electron chi connectivity index (χ4n) is 4.23. The zero-order valence-corrected chi connectivity index (χ0v) is 15.5. The molecule has 2 aliphatic rings. The standard InChI is InChI=1S/C20H24N2O4/c1-12-7-13(2)17-15(9-25-18(17)14(12)3)8-16(23)22-6-4-5-20(11-22)10-21-19(24)26-20/h7,9H,4-6,8,10-11H2,1-3H3,(H,21,24)/t20-/m0/s1. The van der Waals surface area contributed by atoms with Crippen LogP contribution in [-0.4, -0.2) is 42.1 Å². The third-order valence-corrected chi connectivity index (χ3v) is 5.72. The van der Waals surface area contributed by atoms with Gasteiger partial charge in [-0.1, -0.05) is 6.07 Å². The lowest BCUT2D eigenvalue weighted by atomic mass is 9.92. The maximum atomic E-state index is 12.9. The van der Waals surface area contributed by atoms with E-state index in [1.54, 1.807) is 6.26 Å². The highest BCUT2D eigenvalue weighted by Gasteiger charge is 2.44. The number of fused-ring (bicyclic) bond motifs is 1. The molecular formula is C20H24N2O4. The lowest BCUT2D eigenvalue weighted by Crippen LogP contribution is -2.52. The number of alkyl carbamates (subject to hydrolysis) is 1. The van der Waals surface area contributed by atoms with E-state index in [9.17, 15) is 9.59 Å². The molecule has 4 rings (SSSR count). The quantitative estimate of drug-likeness (QED) is 0.898. The molecule has 2 fully saturated rings. The summed E-state index contributed by atoms with van der Waals surface area (Å²) in [7, 11) is 0. The van der Waals surface area contributed by atoms with Crippen LogP contribution >= 0.6 is 0 Å². The highest BCUT2D eigenvalue weighted by atomic mass is 16.6. The van der Waals surface area contributed by atoms with Crippen LogP contribution in [0.4, 0.5) is 4.79 Å². The number of benzene rings is 1. The van der Waals surface area contributed by atoms with Gasteiger partial charge in [0.1, 0.15) is 11.2 Å². The summed E-state index contributed by atoms with van der Waals surface area (Å²) in [6.07, 6.45) is 3.25. The topological polar surface area (TPSA) is 71.8 Å². The first kappa shape index (κ1) is 16.9. The molecule has 0 radical (unpaired) electrons. The van der Waals surface area contributed by atoms with E-state index in [4.69, 9.17) is 9.15 Å². The largest absolute Gasteiger partial charge is 0.464 e. The van der Waals surface area contributed by atoms with E-state index >= 15 is 0 Å². The van der Waals surface area contributed by atoms with Crippen molar-refractivity contribution in [3.63, 3.8) is 0 Å². The zero-order chi connectivity index (χ0) is 18.5. The Morgan fingerprint density at radius 1 is 1.31 bits per heavy atom. The Bertz CT molecular complexity index is 901. The van der Waals surface area contributed by atoms with Crippen molar-refractivity contribution >= 4 is 23.0 Å². The minimum Gasteiger partial charge on any atom is -0.464 e. The predicted octanol–water partition coefficient (Wildman–Crippen LogP) is 3.00. The molecule has 138 valence electrons. The summed E-state index contributed by atoms with van der Waals surface area (Å²) < 4.78 is 11.2. The smallest absolute Gasteiger partial charge is 0.407 e. The number of nitrogens with one attached hydrogen (secondary N) is 1. The zero-order valence-electron chi connectivity index (χ0n) is 15.5. The summed E-state index contributed by atoms with van der Waals surface area (Å²) >= 11 is 0. The average Bonchev–Trinajstić information content (AvgIpc) is 3.17. The molecule has 6 heteroatoms. The highest BCUT2D eigenvalue weighted by Crippen LogP contribution is 2.32. The second-order valence-electron chi connectivity index (χ2n) is 7.62. The molecule has 2 saturated heterocycles. The molecular weight excluding hydrogens is 332 g/mol. The van der Waals surface area contributed by atoms with Crippen molar-refractivity contribution in [2.75, 3.05) is 19.6 Å². The van der Waals surface area contributed by atoms with Gasteiger partial charge < -0.3 is 19.4 Å². The lowest BCUT2D eigenvalue weighted by Gasteiger charge is -2.38. The van der Waals surface area contributed by atoms with E-state index in [2.05, 4.69) is 25.2 Å². The number of ether oxygens (including phenoxy) is 1. The number of hydrogen-bond donors (Lipinski definition) is 1. The van der Waals surface area contributed by atoms with Crippen LogP contribution in [-0.2, 0) is 16.0 Å². The molecule has 3 heterocycles. The number of rotatable bonds is 2. The Kier molecular flexibility index (Phi) is 3.93. The normalized spacial score (nSPS) is 22.7. The number of hydrogen-bond acceptors (Lipinski definition) is 4. The first-order chi connectivity index (χ1) is 12.4. The SMILES string of the molecule is Cc1cc(C)c2c(CC(=O)N3CCC[C@]4(CNC(=O)O4)C3)coc2c1C. The molecule has 26 heavy (non-hydrogen) atoms. The van der Waals surface area contributed by atoms with Gasteiger partial charge in [0.2, 0.25) is 5.91 Å². The second kappa shape index (κ2) is 6.04. The lowest BCUT2D eigenvalue weighted by molar-refractivity contribution is -0.136. The average molecular weight is 356 g/mol. The summed E-state index contributed by atoms with van der Waals surface area (Å²) in [5.41, 5.74) is 4.67. The van der Waals surface area contributed by atoms with Crippen molar-refractivity contribution in [3.05, 3.63) is 34.6 Å². The van der Waals surface area contributed by atoms with Crippen molar-refractivity contribution in [3.8, 4) is 0 Å². The van der Waals surface area contributed by atoms with Crippen LogP contribution in [0, 0.1) is 20.8 Å². The van der Waals surface area contributed by atoms with Gasteiger partial charge in [-0.05, 0) is 50.3 Å². The molecule has 0 unspecified atom stereocenters. The number of aryl methyl sites for hydroxylation is 3. The van der Waals surface area contributed by atoms with E-state index in [1.807, 2.05) is 11.8 Å². The van der Waals surface area contributed by atoms with Crippen molar-refractivity contribution in [1.29, 1.82) is 0 Å². The van der Waals surface area contributed by atoms with Crippen molar-refractivity contribution in [2.45, 2.75) is 45.6 Å². The van der Waals surface area contributed by atoms with Gasteiger partial charge in [0.05, 0.1) is 25.8 Å². The molecule has 0 saturated carbocycles. The maximum Gasteiger partial charge on any atom is 0.407 e. The van der Waals surface area contributed by atoms with Gasteiger partial charge in [-0.15, -0.1) is 0 Å². The molecule has 2 amide bonds. The van der Waals surface area contributed by atoms with Crippen LogP contribution in [0.2, 0.25) is 0 Å². The predicted molar refractivity (Wildman–Crippen MR) is 97.2 cm³/mol. The summed E-state index contributed by atoms with van der Waals surface area (Å²) in [5, 5.41) is 3.76. The highest BCUT2D eigenvalue weighted by molar-refractivity contribution is 5.92. The van der Waals surface area contributed by atoms with Crippen molar-refractivity contribution in [2.24, 2.45) is 0 Å². The number of furan rings is 1. The molecule has 1 aromatic heterocycles. The van der Waals surface area contributed by atoms with Crippen LogP contribution in [0.3, 0.4) is 0 Å². The third kappa shape index (κ3) is 2.73. The number of carbonyl (C=O) groups is 2. The maximum absolute atomic E-state index is 12.9. The van der Waals surface area contributed by atoms with Gasteiger partial charge in [-0.2, -0.15) is 0 Å². The van der Waals surface area contributed by atoms with Crippen LogP contribution in [0.5, 0.6) is 0 Å². The molecule has 1 N–H and O–H groups in total. The summed E-state index contributed by atoms with van der Waals surface area (Å²) in [6, 6.07) is 2.14. The van der Waals surface area contributed by atoms with Crippen LogP contribution in [0.15, 0.2) is 16.7 Å². The number of amides is 2. The van der Waals surface area contributed by atoms with Crippen LogP contribution < -0.4 is 5.32 Å². The van der Waals surface area contributed by atoms with E-state index in [1.165, 1.54) is 5.56 Å². The van der Waals surface area contributed by atoms with Crippen molar-refractivity contribution in [1.82, 2.24) is 10.2 Å². The van der Waals surface area contributed by atoms with Gasteiger partial charge >= 0.3 is 6.09 Å². The van der Waals surface area contributed by atoms with E-state index in [-0.39, 0.29) is 12.0 Å². The number of carbonyl (C=O) groups excluding carboxylic acids is 2. The first-order valence-corrected chi connectivity index (χ1v) is 9.10. The van der Waals surface area contributed by atoms with Crippen LogP contribution in [0.25, 0.3) is 11.0 Å². The minimum absolute atomic E-state index is 0.0485.